The van der Waals surface area contributed by atoms with Gasteiger partial charge in [0.2, 0.25) is 0 Å². The molecule has 0 radical (unpaired) electrons. The molecule has 0 atom stereocenters. The van der Waals surface area contributed by atoms with Crippen LogP contribution in [0.5, 0.6) is 5.75 Å². The fourth-order valence-electron chi connectivity index (χ4n) is 1.79. The number of anilines is 2. The van der Waals surface area contributed by atoms with Crippen LogP contribution < -0.4 is 10.1 Å². The maximum Gasteiger partial charge on any atom is 0.119 e. The van der Waals surface area contributed by atoms with E-state index in [2.05, 4.69) is 5.32 Å². The van der Waals surface area contributed by atoms with Gasteiger partial charge < -0.3 is 19.5 Å². The molecule has 0 amide bonds. The zero-order chi connectivity index (χ0) is 14.8. The van der Waals surface area contributed by atoms with Crippen molar-refractivity contribution in [2.45, 2.75) is 0 Å². The van der Waals surface area contributed by atoms with Gasteiger partial charge in [-0.15, -0.1) is 0 Å². The average Bonchev–Trinajstić information content (AvgIpc) is 2.53. The minimum Gasteiger partial charge on any atom is -0.491 e. The van der Waals surface area contributed by atoms with Gasteiger partial charge in [-0.25, -0.2) is 0 Å². The summed E-state index contributed by atoms with van der Waals surface area (Å²) < 4.78 is 15.8. The summed E-state index contributed by atoms with van der Waals surface area (Å²) in [5.74, 6) is 0.837. The van der Waals surface area contributed by atoms with Crippen LogP contribution in [-0.2, 0) is 9.47 Å². The molecule has 0 aliphatic rings. The molecule has 21 heavy (non-hydrogen) atoms. The number of rotatable bonds is 9. The number of methoxy groups -OCH3 is 1. The van der Waals surface area contributed by atoms with Gasteiger partial charge in [-0.2, -0.15) is 0 Å². The Balaban J connectivity index is 1.72. The van der Waals surface area contributed by atoms with Crippen molar-refractivity contribution in [2.75, 3.05) is 38.9 Å². The fourth-order valence-corrected chi connectivity index (χ4v) is 1.79. The topological polar surface area (TPSA) is 39.7 Å². The third-order valence-electron chi connectivity index (χ3n) is 2.84. The highest BCUT2D eigenvalue weighted by Crippen LogP contribution is 2.19. The van der Waals surface area contributed by atoms with Crippen LogP contribution in [0.25, 0.3) is 0 Å². The Morgan fingerprint density at radius 2 is 1.43 bits per heavy atom. The summed E-state index contributed by atoms with van der Waals surface area (Å²) in [4.78, 5) is 0. The van der Waals surface area contributed by atoms with Crippen molar-refractivity contribution in [3.63, 3.8) is 0 Å². The summed E-state index contributed by atoms with van der Waals surface area (Å²) in [5, 5.41) is 3.33. The van der Waals surface area contributed by atoms with Crippen molar-refractivity contribution in [3.8, 4) is 5.75 Å². The highest BCUT2D eigenvalue weighted by molar-refractivity contribution is 5.59. The first-order valence-corrected chi connectivity index (χ1v) is 7.00. The summed E-state index contributed by atoms with van der Waals surface area (Å²) in [6.45, 7) is 2.31. The predicted molar refractivity (Wildman–Crippen MR) is 84.4 cm³/mol. The number of hydrogen-bond donors (Lipinski definition) is 1. The van der Waals surface area contributed by atoms with Gasteiger partial charge in [0.25, 0.3) is 0 Å². The lowest BCUT2D eigenvalue weighted by molar-refractivity contribution is 0.0544. The van der Waals surface area contributed by atoms with E-state index in [0.29, 0.717) is 26.4 Å². The third-order valence-corrected chi connectivity index (χ3v) is 2.84. The van der Waals surface area contributed by atoms with Crippen LogP contribution in [0.4, 0.5) is 11.4 Å². The van der Waals surface area contributed by atoms with Crippen molar-refractivity contribution in [1.29, 1.82) is 0 Å². The summed E-state index contributed by atoms with van der Waals surface area (Å²) in [7, 11) is 1.66. The molecule has 2 aromatic carbocycles. The van der Waals surface area contributed by atoms with Crippen LogP contribution in [0.1, 0.15) is 0 Å². The van der Waals surface area contributed by atoms with E-state index in [4.69, 9.17) is 14.2 Å². The van der Waals surface area contributed by atoms with Crippen LogP contribution in [0.15, 0.2) is 54.6 Å². The Bertz CT molecular complexity index is 499. The summed E-state index contributed by atoms with van der Waals surface area (Å²) in [5.41, 5.74) is 2.10. The molecule has 0 unspecified atom stereocenters. The van der Waals surface area contributed by atoms with Crippen LogP contribution >= 0.6 is 0 Å². The smallest absolute Gasteiger partial charge is 0.119 e. The second kappa shape index (κ2) is 9.00. The molecular weight excluding hydrogens is 266 g/mol. The van der Waals surface area contributed by atoms with Crippen molar-refractivity contribution < 1.29 is 14.2 Å². The monoisotopic (exact) mass is 287 g/mol. The molecular formula is C17H21NO3. The number of benzene rings is 2. The molecule has 0 heterocycles. The highest BCUT2D eigenvalue weighted by Gasteiger charge is 1.97. The van der Waals surface area contributed by atoms with Crippen molar-refractivity contribution in [3.05, 3.63) is 54.6 Å². The maximum absolute atomic E-state index is 5.60. The fraction of sp³-hybridized carbons (Fsp3) is 0.294. The first kappa shape index (κ1) is 15.4. The van der Waals surface area contributed by atoms with E-state index in [-0.39, 0.29) is 0 Å². The number of hydrogen-bond acceptors (Lipinski definition) is 4. The van der Waals surface area contributed by atoms with Gasteiger partial charge in [0.1, 0.15) is 12.4 Å². The lowest BCUT2D eigenvalue weighted by atomic mass is 10.2. The summed E-state index contributed by atoms with van der Waals surface area (Å²) in [6.07, 6.45) is 0. The van der Waals surface area contributed by atoms with E-state index in [1.165, 1.54) is 0 Å². The Morgan fingerprint density at radius 1 is 0.762 bits per heavy atom. The standard InChI is InChI=1S/C17H21NO3/c1-19-11-12-20-13-14-21-17-9-7-16(8-10-17)18-15-5-3-2-4-6-15/h2-10,18H,11-14H2,1H3. The van der Waals surface area contributed by atoms with E-state index in [9.17, 15) is 0 Å². The number of para-hydroxylation sites is 1. The van der Waals surface area contributed by atoms with E-state index in [1.54, 1.807) is 7.11 Å². The van der Waals surface area contributed by atoms with Gasteiger partial charge in [0.05, 0.1) is 19.8 Å². The minimum absolute atomic E-state index is 0.537. The zero-order valence-corrected chi connectivity index (χ0v) is 12.2. The second-order valence-corrected chi connectivity index (χ2v) is 4.47. The van der Waals surface area contributed by atoms with Crippen LogP contribution in [0, 0.1) is 0 Å². The molecule has 0 aliphatic heterocycles. The summed E-state index contributed by atoms with van der Waals surface area (Å²) in [6, 6.07) is 17.9. The highest BCUT2D eigenvalue weighted by atomic mass is 16.5. The van der Waals surface area contributed by atoms with Gasteiger partial charge >= 0.3 is 0 Å². The molecule has 0 aliphatic carbocycles. The molecule has 0 aromatic heterocycles. The lowest BCUT2D eigenvalue weighted by Crippen LogP contribution is -2.09. The van der Waals surface area contributed by atoms with E-state index >= 15 is 0 Å². The maximum atomic E-state index is 5.60. The van der Waals surface area contributed by atoms with Crippen LogP contribution in [-0.4, -0.2) is 33.5 Å². The van der Waals surface area contributed by atoms with E-state index < -0.39 is 0 Å². The zero-order valence-electron chi connectivity index (χ0n) is 12.2. The van der Waals surface area contributed by atoms with Gasteiger partial charge in [-0.3, -0.25) is 0 Å². The largest absolute Gasteiger partial charge is 0.491 e. The Labute approximate surface area is 125 Å². The molecule has 0 saturated carbocycles. The molecule has 0 spiro atoms. The van der Waals surface area contributed by atoms with Gasteiger partial charge in [-0.05, 0) is 36.4 Å². The van der Waals surface area contributed by atoms with Gasteiger partial charge in [-0.1, -0.05) is 18.2 Å². The molecule has 4 nitrogen and oxygen atoms in total. The normalized spacial score (nSPS) is 10.3. The van der Waals surface area contributed by atoms with Crippen molar-refractivity contribution >= 4 is 11.4 Å². The number of ether oxygens (including phenoxy) is 3. The summed E-state index contributed by atoms with van der Waals surface area (Å²) >= 11 is 0. The average molecular weight is 287 g/mol. The van der Waals surface area contributed by atoms with Crippen molar-refractivity contribution in [1.82, 2.24) is 0 Å². The Kier molecular flexibility index (Phi) is 6.58. The SMILES string of the molecule is COCCOCCOc1ccc(Nc2ccccc2)cc1. The Morgan fingerprint density at radius 3 is 2.14 bits per heavy atom. The molecule has 0 fully saturated rings. The predicted octanol–water partition coefficient (Wildman–Crippen LogP) is 3.47. The quantitative estimate of drug-likeness (QED) is 0.717. The molecule has 0 saturated heterocycles. The second-order valence-electron chi connectivity index (χ2n) is 4.47. The van der Waals surface area contributed by atoms with Crippen LogP contribution in [0.2, 0.25) is 0 Å². The molecule has 4 heteroatoms. The van der Waals surface area contributed by atoms with Crippen LogP contribution in [0.3, 0.4) is 0 Å². The third kappa shape index (κ3) is 5.85. The first-order valence-electron chi connectivity index (χ1n) is 7.00. The first-order chi connectivity index (χ1) is 10.4. The molecule has 112 valence electrons. The molecule has 0 bridgehead atoms. The molecule has 1 N–H and O–H groups in total. The lowest BCUT2D eigenvalue weighted by Gasteiger charge is -2.09. The minimum atomic E-state index is 0.537. The molecule has 2 rings (SSSR count). The molecule has 2 aromatic rings. The van der Waals surface area contributed by atoms with E-state index in [1.807, 2.05) is 54.6 Å². The Hall–Kier alpha value is -2.04. The number of nitrogens with one attached hydrogen (secondary N) is 1. The van der Waals surface area contributed by atoms with Crippen molar-refractivity contribution in [2.24, 2.45) is 0 Å². The van der Waals surface area contributed by atoms with Gasteiger partial charge in [0.15, 0.2) is 0 Å². The van der Waals surface area contributed by atoms with Gasteiger partial charge in [0, 0.05) is 18.5 Å². The van der Waals surface area contributed by atoms with E-state index in [0.717, 1.165) is 17.1 Å².